The zero-order valence-electron chi connectivity index (χ0n) is 12.3. The summed E-state index contributed by atoms with van der Waals surface area (Å²) in [6.45, 7) is 4.12. The molecule has 110 valence electrons. The third-order valence-corrected chi connectivity index (χ3v) is 3.99. The lowest BCUT2D eigenvalue weighted by atomic mass is 10.1. The summed E-state index contributed by atoms with van der Waals surface area (Å²) in [6, 6.07) is 11.5. The Bertz CT molecular complexity index is 666. The van der Waals surface area contributed by atoms with E-state index in [0.29, 0.717) is 10.9 Å². The maximum atomic E-state index is 11.0. The van der Waals surface area contributed by atoms with Crippen LogP contribution in [0.1, 0.15) is 16.7 Å². The Kier molecular flexibility index (Phi) is 4.63. The van der Waals surface area contributed by atoms with E-state index in [1.165, 1.54) is 11.1 Å². The van der Waals surface area contributed by atoms with E-state index in [1.807, 2.05) is 18.0 Å². The van der Waals surface area contributed by atoms with E-state index in [9.17, 15) is 10.1 Å². The van der Waals surface area contributed by atoms with Crippen LogP contribution in [0, 0.1) is 24.0 Å². The van der Waals surface area contributed by atoms with Crippen molar-refractivity contribution in [3.8, 4) is 0 Å². The summed E-state index contributed by atoms with van der Waals surface area (Å²) in [7, 11) is 1.97. The summed E-state index contributed by atoms with van der Waals surface area (Å²) in [5.41, 5.74) is 5.21. The van der Waals surface area contributed by atoms with Crippen LogP contribution in [-0.2, 0) is 5.33 Å². The standard InChI is InChI=1S/C16H17BrN2O2/c1-11-6-12(2)8-15(7-11)18(3)14-4-5-16(19(20)21)13(9-14)10-17/h4-9H,10H2,1-3H3. The number of anilines is 2. The van der Waals surface area contributed by atoms with E-state index < -0.39 is 0 Å². The monoisotopic (exact) mass is 348 g/mol. The number of benzene rings is 2. The molecule has 5 heteroatoms. The number of alkyl halides is 1. The molecule has 0 aliphatic carbocycles. The molecule has 0 saturated carbocycles. The van der Waals surface area contributed by atoms with Crippen LogP contribution in [0.15, 0.2) is 36.4 Å². The van der Waals surface area contributed by atoms with Gasteiger partial charge in [0.2, 0.25) is 0 Å². The lowest BCUT2D eigenvalue weighted by molar-refractivity contribution is -0.385. The topological polar surface area (TPSA) is 46.4 Å². The predicted molar refractivity (Wildman–Crippen MR) is 89.7 cm³/mol. The van der Waals surface area contributed by atoms with Gasteiger partial charge in [-0.25, -0.2) is 0 Å². The van der Waals surface area contributed by atoms with E-state index in [1.54, 1.807) is 12.1 Å². The van der Waals surface area contributed by atoms with Gasteiger partial charge in [-0.2, -0.15) is 0 Å². The van der Waals surface area contributed by atoms with Gasteiger partial charge in [-0.15, -0.1) is 0 Å². The van der Waals surface area contributed by atoms with Gasteiger partial charge in [0.25, 0.3) is 5.69 Å². The second kappa shape index (κ2) is 6.26. The number of halogens is 1. The highest BCUT2D eigenvalue weighted by Gasteiger charge is 2.15. The van der Waals surface area contributed by atoms with Crippen molar-refractivity contribution < 1.29 is 4.92 Å². The number of hydrogen-bond donors (Lipinski definition) is 0. The molecule has 2 rings (SSSR count). The van der Waals surface area contributed by atoms with Crippen molar-refractivity contribution in [1.29, 1.82) is 0 Å². The molecule has 0 saturated heterocycles. The largest absolute Gasteiger partial charge is 0.345 e. The van der Waals surface area contributed by atoms with Gasteiger partial charge in [0.15, 0.2) is 0 Å². The van der Waals surface area contributed by atoms with Gasteiger partial charge in [0.1, 0.15) is 0 Å². The Morgan fingerprint density at radius 2 is 1.71 bits per heavy atom. The van der Waals surface area contributed by atoms with E-state index in [4.69, 9.17) is 0 Å². The quantitative estimate of drug-likeness (QED) is 0.449. The molecule has 2 aromatic carbocycles. The molecule has 0 N–H and O–H groups in total. The Balaban J connectivity index is 2.43. The summed E-state index contributed by atoms with van der Waals surface area (Å²) >= 11 is 3.32. The first-order chi connectivity index (χ1) is 9.92. The van der Waals surface area contributed by atoms with E-state index in [-0.39, 0.29) is 10.6 Å². The molecule has 0 atom stereocenters. The molecular formula is C16H17BrN2O2. The third kappa shape index (κ3) is 3.42. The minimum atomic E-state index is -0.350. The average Bonchev–Trinajstić information content (AvgIpc) is 2.44. The number of nitrogens with zero attached hydrogens (tertiary/aromatic N) is 2. The van der Waals surface area contributed by atoms with Gasteiger partial charge in [0.05, 0.1) is 4.92 Å². The molecule has 0 aliphatic heterocycles. The van der Waals surface area contributed by atoms with Gasteiger partial charge < -0.3 is 4.90 Å². The van der Waals surface area contributed by atoms with Crippen molar-refractivity contribution in [2.24, 2.45) is 0 Å². The van der Waals surface area contributed by atoms with Gasteiger partial charge in [-0.3, -0.25) is 10.1 Å². The van der Waals surface area contributed by atoms with Gasteiger partial charge in [-0.05, 0) is 49.2 Å². The van der Waals surface area contributed by atoms with Gasteiger partial charge in [0, 0.05) is 35.4 Å². The molecular weight excluding hydrogens is 332 g/mol. The van der Waals surface area contributed by atoms with Crippen LogP contribution < -0.4 is 4.90 Å². The fourth-order valence-electron chi connectivity index (χ4n) is 2.36. The minimum Gasteiger partial charge on any atom is -0.345 e. The summed E-state index contributed by atoms with van der Waals surface area (Å²) < 4.78 is 0. The lowest BCUT2D eigenvalue weighted by Gasteiger charge is -2.21. The average molecular weight is 349 g/mol. The molecule has 21 heavy (non-hydrogen) atoms. The van der Waals surface area contributed by atoms with Crippen LogP contribution >= 0.6 is 15.9 Å². The van der Waals surface area contributed by atoms with Crippen LogP contribution in [0.4, 0.5) is 17.1 Å². The summed E-state index contributed by atoms with van der Waals surface area (Å²) in [6.07, 6.45) is 0. The highest BCUT2D eigenvalue weighted by Crippen LogP contribution is 2.30. The summed E-state index contributed by atoms with van der Waals surface area (Å²) in [4.78, 5) is 12.7. The van der Waals surface area contributed by atoms with Crippen molar-refractivity contribution in [2.75, 3.05) is 11.9 Å². The van der Waals surface area contributed by atoms with Crippen LogP contribution in [0.25, 0.3) is 0 Å². The molecule has 0 aliphatic rings. The Morgan fingerprint density at radius 3 is 2.24 bits per heavy atom. The van der Waals surface area contributed by atoms with E-state index >= 15 is 0 Å². The van der Waals surface area contributed by atoms with E-state index in [2.05, 4.69) is 48.0 Å². The Morgan fingerprint density at radius 1 is 1.10 bits per heavy atom. The number of nitro groups is 1. The third-order valence-electron chi connectivity index (χ3n) is 3.38. The smallest absolute Gasteiger partial charge is 0.273 e. The molecule has 0 heterocycles. The molecule has 0 bridgehead atoms. The molecule has 0 spiro atoms. The van der Waals surface area contributed by atoms with Gasteiger partial charge in [-0.1, -0.05) is 22.0 Å². The second-order valence-corrected chi connectivity index (χ2v) is 5.67. The highest BCUT2D eigenvalue weighted by molar-refractivity contribution is 9.08. The Labute approximate surface area is 132 Å². The number of nitro benzene ring substituents is 1. The first-order valence-corrected chi connectivity index (χ1v) is 7.70. The first-order valence-electron chi connectivity index (χ1n) is 6.57. The summed E-state index contributed by atoms with van der Waals surface area (Å²) in [5, 5.41) is 11.4. The zero-order chi connectivity index (χ0) is 15.6. The molecule has 0 radical (unpaired) electrons. The van der Waals surface area contributed by atoms with Crippen LogP contribution in [0.3, 0.4) is 0 Å². The van der Waals surface area contributed by atoms with E-state index in [0.717, 1.165) is 11.4 Å². The molecule has 0 amide bonds. The SMILES string of the molecule is Cc1cc(C)cc(N(C)c2ccc([N+](=O)[O-])c(CBr)c2)c1. The van der Waals surface area contributed by atoms with Crippen LogP contribution in [0.5, 0.6) is 0 Å². The first kappa shape index (κ1) is 15.5. The van der Waals surface area contributed by atoms with Crippen LogP contribution in [0.2, 0.25) is 0 Å². The maximum Gasteiger partial charge on any atom is 0.273 e. The summed E-state index contributed by atoms with van der Waals surface area (Å²) in [5.74, 6) is 0. The fourth-order valence-corrected chi connectivity index (χ4v) is 2.81. The highest BCUT2D eigenvalue weighted by atomic mass is 79.9. The van der Waals surface area contributed by atoms with Gasteiger partial charge >= 0.3 is 0 Å². The van der Waals surface area contributed by atoms with Crippen molar-refractivity contribution in [1.82, 2.24) is 0 Å². The fraction of sp³-hybridized carbons (Fsp3) is 0.250. The van der Waals surface area contributed by atoms with Crippen molar-refractivity contribution in [3.63, 3.8) is 0 Å². The van der Waals surface area contributed by atoms with Crippen molar-refractivity contribution in [3.05, 3.63) is 63.2 Å². The second-order valence-electron chi connectivity index (χ2n) is 5.11. The van der Waals surface area contributed by atoms with Crippen molar-refractivity contribution >= 4 is 33.0 Å². The zero-order valence-corrected chi connectivity index (χ0v) is 13.8. The number of hydrogen-bond acceptors (Lipinski definition) is 3. The molecule has 0 fully saturated rings. The van der Waals surface area contributed by atoms with Crippen molar-refractivity contribution in [2.45, 2.75) is 19.2 Å². The lowest BCUT2D eigenvalue weighted by Crippen LogP contribution is -2.10. The molecule has 4 nitrogen and oxygen atoms in total. The normalized spacial score (nSPS) is 10.5. The maximum absolute atomic E-state index is 11.0. The minimum absolute atomic E-state index is 0.143. The predicted octanol–water partition coefficient (Wildman–Crippen LogP) is 4.87. The van der Waals surface area contributed by atoms with Crippen LogP contribution in [-0.4, -0.2) is 12.0 Å². The molecule has 0 aromatic heterocycles. The Hall–Kier alpha value is -1.88. The molecule has 0 unspecified atom stereocenters. The molecule has 2 aromatic rings. The number of aryl methyl sites for hydroxylation is 2. The number of rotatable bonds is 4.